The Morgan fingerprint density at radius 2 is 2.21 bits per heavy atom. The molecule has 1 fully saturated rings. The van der Waals surface area contributed by atoms with Crippen LogP contribution in [0.1, 0.15) is 25.7 Å². The smallest absolute Gasteiger partial charge is 0.310 e. The number of nitrogens with one attached hydrogen (secondary N) is 1. The standard InChI is InChI=1S/C20H26ClN5O3/c1-3-28-19(27)15-5-4-12-26(13-15)20(22-2)23-11-10-17-24-18(25-29-17)14-6-8-16(21)9-7-14/h6-9,15H,3-5,10-13H2,1-2H3,(H,22,23). The lowest BCUT2D eigenvalue weighted by molar-refractivity contribution is -0.149. The fourth-order valence-corrected chi connectivity index (χ4v) is 3.43. The minimum Gasteiger partial charge on any atom is -0.466 e. The van der Waals surface area contributed by atoms with E-state index in [9.17, 15) is 4.79 Å². The summed E-state index contributed by atoms with van der Waals surface area (Å²) in [6.45, 7) is 4.30. The van der Waals surface area contributed by atoms with Crippen LogP contribution in [0.15, 0.2) is 33.8 Å². The molecule has 2 aromatic rings. The number of aliphatic imine (C=N–C) groups is 1. The highest BCUT2D eigenvalue weighted by atomic mass is 35.5. The maximum atomic E-state index is 12.0. The monoisotopic (exact) mass is 419 g/mol. The first-order valence-corrected chi connectivity index (χ1v) is 10.2. The highest BCUT2D eigenvalue weighted by Gasteiger charge is 2.28. The van der Waals surface area contributed by atoms with Crippen molar-refractivity contribution >= 4 is 23.5 Å². The van der Waals surface area contributed by atoms with E-state index in [0.29, 0.717) is 42.9 Å². The molecule has 1 aliphatic heterocycles. The van der Waals surface area contributed by atoms with Gasteiger partial charge in [-0.3, -0.25) is 9.79 Å². The van der Waals surface area contributed by atoms with Gasteiger partial charge in [0.25, 0.3) is 0 Å². The van der Waals surface area contributed by atoms with E-state index in [4.69, 9.17) is 20.9 Å². The summed E-state index contributed by atoms with van der Waals surface area (Å²) in [6.07, 6.45) is 2.34. The molecule has 1 N–H and O–H groups in total. The van der Waals surface area contributed by atoms with Gasteiger partial charge in [0.1, 0.15) is 0 Å². The van der Waals surface area contributed by atoms with Crippen LogP contribution in [0.5, 0.6) is 0 Å². The second-order valence-corrected chi connectivity index (χ2v) is 7.22. The van der Waals surface area contributed by atoms with Gasteiger partial charge < -0.3 is 19.5 Å². The molecule has 1 saturated heterocycles. The molecule has 0 saturated carbocycles. The molecular weight excluding hydrogens is 394 g/mol. The van der Waals surface area contributed by atoms with Crippen molar-refractivity contribution in [3.63, 3.8) is 0 Å². The van der Waals surface area contributed by atoms with Crippen LogP contribution in [0.25, 0.3) is 11.4 Å². The predicted molar refractivity (Wildman–Crippen MR) is 111 cm³/mol. The lowest BCUT2D eigenvalue weighted by atomic mass is 9.98. The highest BCUT2D eigenvalue weighted by Crippen LogP contribution is 2.19. The number of guanidine groups is 1. The summed E-state index contributed by atoms with van der Waals surface area (Å²) >= 11 is 5.91. The Hall–Kier alpha value is -2.61. The fourth-order valence-electron chi connectivity index (χ4n) is 3.31. The van der Waals surface area contributed by atoms with Gasteiger partial charge in [0.2, 0.25) is 11.7 Å². The van der Waals surface area contributed by atoms with Crippen LogP contribution in [-0.4, -0.2) is 60.3 Å². The second kappa shape index (κ2) is 10.2. The molecule has 1 aromatic heterocycles. The number of aromatic nitrogens is 2. The van der Waals surface area contributed by atoms with Gasteiger partial charge in [-0.05, 0) is 44.0 Å². The number of carbonyl (C=O) groups is 1. The molecule has 3 rings (SSSR count). The van der Waals surface area contributed by atoms with Crippen molar-refractivity contribution in [3.05, 3.63) is 35.2 Å². The van der Waals surface area contributed by atoms with Crippen LogP contribution in [0, 0.1) is 5.92 Å². The lowest BCUT2D eigenvalue weighted by Gasteiger charge is -2.33. The molecule has 1 aliphatic rings. The molecule has 1 aromatic carbocycles. The SMILES string of the molecule is CCOC(=O)C1CCCN(C(=NC)NCCc2nc(-c3ccc(Cl)cc3)no2)C1. The number of hydrogen-bond acceptors (Lipinski definition) is 6. The molecule has 0 radical (unpaired) electrons. The van der Waals surface area contributed by atoms with Crippen molar-refractivity contribution in [2.45, 2.75) is 26.2 Å². The average molecular weight is 420 g/mol. The van der Waals surface area contributed by atoms with Crippen molar-refractivity contribution in [1.82, 2.24) is 20.4 Å². The van der Waals surface area contributed by atoms with Crippen molar-refractivity contribution in [1.29, 1.82) is 0 Å². The molecule has 0 spiro atoms. The normalized spacial score (nSPS) is 17.3. The van der Waals surface area contributed by atoms with Gasteiger partial charge in [0.15, 0.2) is 5.96 Å². The van der Waals surface area contributed by atoms with E-state index in [0.717, 1.165) is 30.9 Å². The summed E-state index contributed by atoms with van der Waals surface area (Å²) in [4.78, 5) is 22.9. The second-order valence-electron chi connectivity index (χ2n) is 6.78. The molecule has 1 unspecified atom stereocenters. The third-order valence-electron chi connectivity index (χ3n) is 4.75. The Labute approximate surface area is 175 Å². The number of nitrogens with zero attached hydrogens (tertiary/aromatic N) is 4. The van der Waals surface area contributed by atoms with Gasteiger partial charge in [-0.15, -0.1) is 0 Å². The van der Waals surface area contributed by atoms with Gasteiger partial charge in [0.05, 0.1) is 12.5 Å². The van der Waals surface area contributed by atoms with Crippen molar-refractivity contribution in [2.24, 2.45) is 10.9 Å². The molecule has 2 heterocycles. The lowest BCUT2D eigenvalue weighted by Crippen LogP contribution is -2.48. The summed E-state index contributed by atoms with van der Waals surface area (Å²) in [5, 5.41) is 8.00. The first kappa shape index (κ1) is 21.1. The number of rotatable bonds is 6. The van der Waals surface area contributed by atoms with Crippen molar-refractivity contribution in [2.75, 3.05) is 33.3 Å². The van der Waals surface area contributed by atoms with E-state index in [-0.39, 0.29) is 11.9 Å². The molecule has 1 atom stereocenters. The summed E-state index contributed by atoms with van der Waals surface area (Å²) < 4.78 is 10.5. The van der Waals surface area contributed by atoms with E-state index in [1.165, 1.54) is 0 Å². The average Bonchev–Trinajstić information content (AvgIpc) is 3.21. The number of carbonyl (C=O) groups excluding carboxylic acids is 1. The Kier molecular flexibility index (Phi) is 7.46. The van der Waals surface area contributed by atoms with Gasteiger partial charge in [0, 0.05) is 43.7 Å². The zero-order chi connectivity index (χ0) is 20.6. The Morgan fingerprint density at radius 1 is 1.41 bits per heavy atom. The molecule has 0 aliphatic carbocycles. The van der Waals surface area contributed by atoms with Crippen LogP contribution in [0.4, 0.5) is 0 Å². The number of ether oxygens (including phenoxy) is 1. The molecular formula is C20H26ClN5O3. The molecule has 0 bridgehead atoms. The summed E-state index contributed by atoms with van der Waals surface area (Å²) in [5.41, 5.74) is 0.853. The molecule has 156 valence electrons. The Bertz CT molecular complexity index is 837. The number of likely N-dealkylation sites (tertiary alicyclic amines) is 1. The largest absolute Gasteiger partial charge is 0.466 e. The van der Waals surface area contributed by atoms with E-state index in [1.807, 2.05) is 19.1 Å². The van der Waals surface area contributed by atoms with Crippen molar-refractivity contribution < 1.29 is 14.1 Å². The molecule has 0 amide bonds. The quantitative estimate of drug-likeness (QED) is 0.437. The van der Waals surface area contributed by atoms with Crippen LogP contribution < -0.4 is 5.32 Å². The maximum absolute atomic E-state index is 12.0. The van der Waals surface area contributed by atoms with E-state index >= 15 is 0 Å². The number of benzene rings is 1. The van der Waals surface area contributed by atoms with Gasteiger partial charge in [-0.1, -0.05) is 16.8 Å². The number of halogens is 1. The predicted octanol–water partition coefficient (Wildman–Crippen LogP) is 2.78. The van der Waals surface area contributed by atoms with Gasteiger partial charge in [-0.2, -0.15) is 4.98 Å². The summed E-state index contributed by atoms with van der Waals surface area (Å²) in [6, 6.07) is 7.29. The van der Waals surface area contributed by atoms with E-state index in [2.05, 4.69) is 25.3 Å². The van der Waals surface area contributed by atoms with Gasteiger partial charge in [-0.25, -0.2) is 0 Å². The summed E-state index contributed by atoms with van der Waals surface area (Å²) in [5.74, 6) is 1.60. The number of piperidine rings is 1. The van der Waals surface area contributed by atoms with Crippen molar-refractivity contribution in [3.8, 4) is 11.4 Å². The van der Waals surface area contributed by atoms with Crippen LogP contribution in [-0.2, 0) is 16.0 Å². The zero-order valence-electron chi connectivity index (χ0n) is 16.7. The Balaban J connectivity index is 1.51. The van der Waals surface area contributed by atoms with E-state index < -0.39 is 0 Å². The minimum absolute atomic E-state index is 0.111. The van der Waals surface area contributed by atoms with E-state index in [1.54, 1.807) is 19.2 Å². The first-order chi connectivity index (χ1) is 14.1. The maximum Gasteiger partial charge on any atom is 0.310 e. The Morgan fingerprint density at radius 3 is 2.93 bits per heavy atom. The van der Waals surface area contributed by atoms with Crippen LogP contribution in [0.2, 0.25) is 5.02 Å². The molecule has 8 nitrogen and oxygen atoms in total. The zero-order valence-corrected chi connectivity index (χ0v) is 17.5. The number of esters is 1. The highest BCUT2D eigenvalue weighted by molar-refractivity contribution is 6.30. The minimum atomic E-state index is -0.131. The van der Waals surface area contributed by atoms with Gasteiger partial charge >= 0.3 is 5.97 Å². The molecule has 9 heteroatoms. The van der Waals surface area contributed by atoms with Crippen LogP contribution >= 0.6 is 11.6 Å². The third kappa shape index (κ3) is 5.69. The first-order valence-electron chi connectivity index (χ1n) is 9.81. The third-order valence-corrected chi connectivity index (χ3v) is 5.00. The topological polar surface area (TPSA) is 92.8 Å². The van der Waals surface area contributed by atoms with Crippen LogP contribution in [0.3, 0.4) is 0 Å². The molecule has 29 heavy (non-hydrogen) atoms. The fraction of sp³-hybridized carbons (Fsp3) is 0.500. The summed E-state index contributed by atoms with van der Waals surface area (Å²) in [7, 11) is 1.74. The number of hydrogen-bond donors (Lipinski definition) is 1.